The zero-order chi connectivity index (χ0) is 22.7. The van der Waals surface area contributed by atoms with Crippen molar-refractivity contribution in [1.29, 1.82) is 0 Å². The summed E-state index contributed by atoms with van der Waals surface area (Å²) in [5.74, 6) is -0.707. The number of aromatic nitrogens is 1. The van der Waals surface area contributed by atoms with Crippen LogP contribution in [0.1, 0.15) is 32.0 Å². The maximum atomic E-state index is 13.3. The molecule has 0 aliphatic heterocycles. The summed E-state index contributed by atoms with van der Waals surface area (Å²) in [5.41, 5.74) is 3.49. The summed E-state index contributed by atoms with van der Waals surface area (Å²) in [6, 6.07) is 19.8. The number of aryl methyl sites for hydroxylation is 1. The second-order valence-electron chi connectivity index (χ2n) is 7.22. The van der Waals surface area contributed by atoms with Crippen LogP contribution in [0.3, 0.4) is 0 Å². The van der Waals surface area contributed by atoms with E-state index in [4.69, 9.17) is 4.52 Å². The molecule has 0 saturated carbocycles. The highest BCUT2D eigenvalue weighted by Gasteiger charge is 2.22. The molecular formula is C25H20FN3O3. The molecule has 4 rings (SSSR count). The lowest BCUT2D eigenvalue weighted by Gasteiger charge is -2.14. The Kier molecular flexibility index (Phi) is 5.81. The molecule has 2 N–H and O–H groups in total. The van der Waals surface area contributed by atoms with Gasteiger partial charge in [-0.1, -0.05) is 29.4 Å². The Hall–Kier alpha value is -4.26. The van der Waals surface area contributed by atoms with Crippen LogP contribution in [-0.2, 0) is 0 Å². The summed E-state index contributed by atoms with van der Waals surface area (Å²) >= 11 is 0. The predicted octanol–water partition coefficient (Wildman–Crippen LogP) is 5.60. The van der Waals surface area contributed by atoms with Gasteiger partial charge in [0.2, 0.25) is 0 Å². The average Bonchev–Trinajstić information content (AvgIpc) is 3.19. The number of benzene rings is 3. The predicted molar refractivity (Wildman–Crippen MR) is 120 cm³/mol. The minimum Gasteiger partial charge on any atom is -0.360 e. The maximum absolute atomic E-state index is 13.3. The van der Waals surface area contributed by atoms with E-state index in [1.165, 1.54) is 24.3 Å². The fourth-order valence-electron chi connectivity index (χ4n) is 3.32. The third-order valence-corrected chi connectivity index (χ3v) is 5.07. The maximum Gasteiger partial charge on any atom is 0.261 e. The number of nitrogens with zero attached hydrogens (tertiary/aromatic N) is 1. The Bertz CT molecular complexity index is 1280. The summed E-state index contributed by atoms with van der Waals surface area (Å²) in [6.07, 6.45) is 0. The molecule has 1 aromatic heterocycles. The van der Waals surface area contributed by atoms with Crippen molar-refractivity contribution in [3.63, 3.8) is 0 Å². The van der Waals surface area contributed by atoms with Crippen molar-refractivity contribution in [3.05, 3.63) is 101 Å². The Morgan fingerprint density at radius 1 is 0.812 bits per heavy atom. The molecule has 0 saturated heterocycles. The van der Waals surface area contributed by atoms with Crippen LogP contribution in [0.4, 0.5) is 15.8 Å². The third-order valence-electron chi connectivity index (χ3n) is 5.07. The van der Waals surface area contributed by atoms with Gasteiger partial charge in [0, 0.05) is 22.5 Å². The van der Waals surface area contributed by atoms with E-state index in [1.54, 1.807) is 56.3 Å². The second-order valence-corrected chi connectivity index (χ2v) is 7.22. The van der Waals surface area contributed by atoms with Gasteiger partial charge in [-0.2, -0.15) is 0 Å². The molecule has 6 nitrogen and oxygen atoms in total. The molecule has 0 fully saturated rings. The highest BCUT2D eigenvalue weighted by molar-refractivity contribution is 6.10. The Morgan fingerprint density at radius 3 is 2.09 bits per heavy atom. The molecule has 0 aliphatic rings. The van der Waals surface area contributed by atoms with Gasteiger partial charge in [-0.25, -0.2) is 4.39 Å². The molecule has 0 aliphatic carbocycles. The monoisotopic (exact) mass is 429 g/mol. The fourth-order valence-corrected chi connectivity index (χ4v) is 3.32. The van der Waals surface area contributed by atoms with Gasteiger partial charge < -0.3 is 15.2 Å². The van der Waals surface area contributed by atoms with Crippen molar-refractivity contribution in [2.75, 3.05) is 10.6 Å². The van der Waals surface area contributed by atoms with Crippen LogP contribution in [0.5, 0.6) is 0 Å². The van der Waals surface area contributed by atoms with Crippen molar-refractivity contribution in [2.45, 2.75) is 13.8 Å². The smallest absolute Gasteiger partial charge is 0.261 e. The van der Waals surface area contributed by atoms with Crippen molar-refractivity contribution < 1.29 is 18.5 Å². The first kappa shape index (κ1) is 21.0. The summed E-state index contributed by atoms with van der Waals surface area (Å²) in [6.45, 7) is 3.44. The molecule has 0 unspecified atom stereocenters. The van der Waals surface area contributed by atoms with E-state index in [2.05, 4.69) is 15.8 Å². The lowest BCUT2D eigenvalue weighted by atomic mass is 10.0. The number of hydrogen-bond donors (Lipinski definition) is 2. The molecule has 3 aromatic carbocycles. The van der Waals surface area contributed by atoms with E-state index in [1.807, 2.05) is 6.07 Å². The largest absolute Gasteiger partial charge is 0.360 e. The zero-order valence-corrected chi connectivity index (χ0v) is 17.5. The molecule has 2 amide bonds. The Balaban J connectivity index is 1.59. The van der Waals surface area contributed by atoms with E-state index < -0.39 is 5.91 Å². The van der Waals surface area contributed by atoms with Crippen LogP contribution in [-0.4, -0.2) is 17.0 Å². The van der Waals surface area contributed by atoms with E-state index in [-0.39, 0.29) is 17.3 Å². The van der Waals surface area contributed by atoms with Crippen molar-refractivity contribution in [1.82, 2.24) is 5.16 Å². The van der Waals surface area contributed by atoms with Crippen LogP contribution in [0.15, 0.2) is 77.3 Å². The summed E-state index contributed by atoms with van der Waals surface area (Å²) < 4.78 is 18.5. The zero-order valence-electron chi connectivity index (χ0n) is 17.5. The quantitative estimate of drug-likeness (QED) is 0.432. The summed E-state index contributed by atoms with van der Waals surface area (Å²) in [5, 5.41) is 9.71. The molecule has 0 radical (unpaired) electrons. The number of hydrogen-bond acceptors (Lipinski definition) is 4. The van der Waals surface area contributed by atoms with Crippen molar-refractivity contribution >= 4 is 23.2 Å². The first-order valence-electron chi connectivity index (χ1n) is 9.93. The molecule has 7 heteroatoms. The van der Waals surface area contributed by atoms with Gasteiger partial charge in [-0.15, -0.1) is 0 Å². The van der Waals surface area contributed by atoms with Gasteiger partial charge in [0.05, 0.1) is 0 Å². The van der Waals surface area contributed by atoms with Gasteiger partial charge >= 0.3 is 0 Å². The molecule has 0 spiro atoms. The van der Waals surface area contributed by atoms with Gasteiger partial charge in [-0.3, -0.25) is 9.59 Å². The molecule has 0 bridgehead atoms. The van der Waals surface area contributed by atoms with Crippen molar-refractivity contribution in [2.24, 2.45) is 0 Å². The SMILES string of the molecule is Cc1onc(-c2ccc(F)cc2)c1C(=O)Nc1cccc(NC(=O)c2ccccc2)c1C. The fraction of sp³-hybridized carbons (Fsp3) is 0.0800. The van der Waals surface area contributed by atoms with Gasteiger partial charge in [0.25, 0.3) is 11.8 Å². The number of nitrogens with one attached hydrogen (secondary N) is 2. The summed E-state index contributed by atoms with van der Waals surface area (Å²) in [7, 11) is 0. The number of halogens is 1. The van der Waals surface area contributed by atoms with Crippen molar-refractivity contribution in [3.8, 4) is 11.3 Å². The van der Waals surface area contributed by atoms with Crippen LogP contribution in [0.2, 0.25) is 0 Å². The third kappa shape index (κ3) is 4.27. The number of carbonyl (C=O) groups is 2. The topological polar surface area (TPSA) is 84.2 Å². The van der Waals surface area contributed by atoms with E-state index >= 15 is 0 Å². The lowest BCUT2D eigenvalue weighted by Crippen LogP contribution is -2.16. The van der Waals surface area contributed by atoms with Crippen LogP contribution in [0.25, 0.3) is 11.3 Å². The van der Waals surface area contributed by atoms with Gasteiger partial charge in [-0.05, 0) is 67.9 Å². The highest BCUT2D eigenvalue weighted by atomic mass is 19.1. The highest BCUT2D eigenvalue weighted by Crippen LogP contribution is 2.28. The standard InChI is InChI=1S/C25H20FN3O3/c1-15-20(27-24(30)18-7-4-3-5-8-18)9-6-10-21(15)28-25(31)22-16(2)32-29-23(22)17-11-13-19(26)14-12-17/h3-14H,1-2H3,(H,27,30)(H,28,31). The minimum absolute atomic E-state index is 0.245. The first-order chi connectivity index (χ1) is 15.4. The van der Waals surface area contributed by atoms with Gasteiger partial charge in [0.15, 0.2) is 0 Å². The Morgan fingerprint density at radius 2 is 1.44 bits per heavy atom. The van der Waals surface area contributed by atoms with Crippen LogP contribution in [0, 0.1) is 19.7 Å². The molecule has 160 valence electrons. The molecular weight excluding hydrogens is 409 g/mol. The minimum atomic E-state index is -0.419. The van der Waals surface area contributed by atoms with Crippen LogP contribution >= 0.6 is 0 Å². The number of anilines is 2. The molecule has 1 heterocycles. The average molecular weight is 429 g/mol. The lowest BCUT2D eigenvalue weighted by molar-refractivity contribution is 0.101. The summed E-state index contributed by atoms with van der Waals surface area (Å²) in [4.78, 5) is 25.6. The van der Waals surface area contributed by atoms with E-state index in [0.717, 1.165) is 0 Å². The molecule has 0 atom stereocenters. The number of carbonyl (C=O) groups excluding carboxylic acids is 2. The number of rotatable bonds is 5. The van der Waals surface area contributed by atoms with E-state index in [9.17, 15) is 14.0 Å². The Labute approximate surface area is 184 Å². The normalized spacial score (nSPS) is 10.6. The number of amides is 2. The first-order valence-corrected chi connectivity index (χ1v) is 9.93. The molecule has 4 aromatic rings. The second kappa shape index (κ2) is 8.85. The molecule has 32 heavy (non-hydrogen) atoms. The van der Waals surface area contributed by atoms with Crippen LogP contribution < -0.4 is 10.6 Å². The van der Waals surface area contributed by atoms with Gasteiger partial charge in [0.1, 0.15) is 22.8 Å². The van der Waals surface area contributed by atoms with E-state index in [0.29, 0.717) is 39.5 Å².